The first kappa shape index (κ1) is 22.5. The summed E-state index contributed by atoms with van der Waals surface area (Å²) in [6.07, 6.45) is 6.68. The number of amides is 2. The van der Waals surface area contributed by atoms with Crippen molar-refractivity contribution in [2.45, 2.75) is 57.9 Å². The SMILES string of the molecule is Cc1nscc1NNC(=S)N[C@H]1CCc2sc(NC(=O)C3CC3)c(C(=O)NCC3CC3)c2C1. The summed E-state index contributed by atoms with van der Waals surface area (Å²) in [5, 5.41) is 12.7. The summed E-state index contributed by atoms with van der Waals surface area (Å²) in [5.41, 5.74) is 9.62. The van der Waals surface area contributed by atoms with Gasteiger partial charge in [-0.25, -0.2) is 0 Å². The lowest BCUT2D eigenvalue weighted by Gasteiger charge is -2.25. The van der Waals surface area contributed by atoms with Crippen molar-refractivity contribution in [3.8, 4) is 0 Å². The zero-order valence-electron chi connectivity index (χ0n) is 18.5. The number of nitrogens with one attached hydrogen (secondary N) is 5. The number of thiocarbonyl (C=S) groups is 1. The zero-order valence-corrected chi connectivity index (χ0v) is 20.9. The van der Waals surface area contributed by atoms with Gasteiger partial charge in [0.05, 0.1) is 16.9 Å². The van der Waals surface area contributed by atoms with Crippen molar-refractivity contribution in [3.63, 3.8) is 0 Å². The molecule has 0 radical (unpaired) electrons. The number of hydrogen-bond donors (Lipinski definition) is 5. The number of rotatable bonds is 8. The van der Waals surface area contributed by atoms with Crippen LogP contribution in [0.4, 0.5) is 10.7 Å². The van der Waals surface area contributed by atoms with Gasteiger partial charge >= 0.3 is 0 Å². The van der Waals surface area contributed by atoms with Crippen LogP contribution >= 0.6 is 35.1 Å². The maximum Gasteiger partial charge on any atom is 0.254 e. The first-order valence-electron chi connectivity index (χ1n) is 11.4. The van der Waals surface area contributed by atoms with Crippen LogP contribution in [0.5, 0.6) is 0 Å². The van der Waals surface area contributed by atoms with E-state index >= 15 is 0 Å². The van der Waals surface area contributed by atoms with E-state index in [9.17, 15) is 9.59 Å². The van der Waals surface area contributed by atoms with Gasteiger partial charge in [-0.05, 0) is 87.1 Å². The maximum absolute atomic E-state index is 13.2. The molecular weight excluding hydrogens is 476 g/mol. The maximum atomic E-state index is 13.2. The minimum atomic E-state index is -0.0750. The summed E-state index contributed by atoms with van der Waals surface area (Å²) in [7, 11) is 0. The van der Waals surface area contributed by atoms with Gasteiger partial charge in [0.15, 0.2) is 5.11 Å². The van der Waals surface area contributed by atoms with Gasteiger partial charge in [0.1, 0.15) is 5.00 Å². The molecule has 0 saturated heterocycles. The molecular formula is C22H28N6O2S3. The molecule has 2 amide bonds. The van der Waals surface area contributed by atoms with Crippen LogP contribution in [0.15, 0.2) is 5.38 Å². The van der Waals surface area contributed by atoms with Gasteiger partial charge in [0.25, 0.3) is 5.91 Å². The molecule has 3 aliphatic carbocycles. The lowest BCUT2D eigenvalue weighted by molar-refractivity contribution is -0.117. The summed E-state index contributed by atoms with van der Waals surface area (Å²) in [6, 6.07) is 0.109. The largest absolute Gasteiger partial charge is 0.358 e. The molecule has 33 heavy (non-hydrogen) atoms. The average Bonchev–Trinajstić information content (AvgIpc) is 3.71. The number of carbonyl (C=O) groups excluding carboxylic acids is 2. The Hall–Kier alpha value is -2.24. The average molecular weight is 505 g/mol. The van der Waals surface area contributed by atoms with E-state index < -0.39 is 0 Å². The van der Waals surface area contributed by atoms with Crippen molar-refractivity contribution >= 4 is 62.7 Å². The molecule has 176 valence electrons. The predicted octanol–water partition coefficient (Wildman–Crippen LogP) is 3.35. The monoisotopic (exact) mass is 504 g/mol. The molecule has 0 bridgehead atoms. The van der Waals surface area contributed by atoms with E-state index in [0.29, 0.717) is 34.6 Å². The van der Waals surface area contributed by atoms with E-state index in [1.54, 1.807) is 11.3 Å². The fourth-order valence-corrected chi connectivity index (χ4v) is 6.11. The molecule has 0 spiro atoms. The third kappa shape index (κ3) is 5.47. The number of aryl methyl sites for hydroxylation is 2. The molecule has 8 nitrogen and oxygen atoms in total. The number of aromatic nitrogens is 1. The number of anilines is 2. The predicted molar refractivity (Wildman–Crippen MR) is 136 cm³/mol. The van der Waals surface area contributed by atoms with E-state index in [-0.39, 0.29) is 23.8 Å². The van der Waals surface area contributed by atoms with Crippen molar-refractivity contribution in [3.05, 3.63) is 27.1 Å². The Kier molecular flexibility index (Phi) is 6.53. The van der Waals surface area contributed by atoms with Crippen molar-refractivity contribution < 1.29 is 9.59 Å². The van der Waals surface area contributed by atoms with Crippen molar-refractivity contribution in [1.82, 2.24) is 20.4 Å². The second-order valence-electron chi connectivity index (χ2n) is 9.10. The molecule has 0 aliphatic heterocycles. The van der Waals surface area contributed by atoms with Crippen LogP contribution in [0.2, 0.25) is 0 Å². The summed E-state index contributed by atoms with van der Waals surface area (Å²) in [6.45, 7) is 2.64. The molecule has 2 aromatic heterocycles. The molecule has 11 heteroatoms. The third-order valence-corrected chi connectivity index (χ3v) is 8.46. The van der Waals surface area contributed by atoms with E-state index in [0.717, 1.165) is 42.6 Å². The molecule has 2 saturated carbocycles. The lowest BCUT2D eigenvalue weighted by atomic mass is 9.91. The topological polar surface area (TPSA) is 107 Å². The molecule has 1 atom stereocenters. The second kappa shape index (κ2) is 9.55. The van der Waals surface area contributed by atoms with Crippen LogP contribution in [-0.4, -0.2) is 33.9 Å². The van der Waals surface area contributed by atoms with Gasteiger partial charge in [-0.1, -0.05) is 0 Å². The highest BCUT2D eigenvalue weighted by Gasteiger charge is 2.34. The Labute approximate surface area is 206 Å². The fourth-order valence-electron chi connectivity index (χ4n) is 4.00. The summed E-state index contributed by atoms with van der Waals surface area (Å²) >= 11 is 8.42. The van der Waals surface area contributed by atoms with Gasteiger partial charge in [0.2, 0.25) is 5.91 Å². The molecule has 2 fully saturated rings. The zero-order chi connectivity index (χ0) is 22.9. The summed E-state index contributed by atoms with van der Waals surface area (Å²) < 4.78 is 4.24. The number of carbonyl (C=O) groups is 2. The van der Waals surface area contributed by atoms with Gasteiger partial charge in [-0.2, -0.15) is 4.37 Å². The van der Waals surface area contributed by atoms with E-state index in [4.69, 9.17) is 12.2 Å². The van der Waals surface area contributed by atoms with Crippen LogP contribution in [0.3, 0.4) is 0 Å². The highest BCUT2D eigenvalue weighted by atomic mass is 32.1. The molecule has 2 aromatic rings. The number of nitrogens with zero attached hydrogens (tertiary/aromatic N) is 1. The number of hydrogen-bond acceptors (Lipinski definition) is 7. The highest BCUT2D eigenvalue weighted by Crippen LogP contribution is 2.40. The van der Waals surface area contributed by atoms with Gasteiger partial charge in [-0.3, -0.25) is 20.4 Å². The van der Waals surface area contributed by atoms with E-state index in [2.05, 4.69) is 31.2 Å². The Morgan fingerprint density at radius 2 is 2.03 bits per heavy atom. The first-order chi connectivity index (χ1) is 16.0. The van der Waals surface area contributed by atoms with Gasteiger partial charge in [-0.15, -0.1) is 11.3 Å². The Morgan fingerprint density at radius 1 is 1.21 bits per heavy atom. The molecule has 0 unspecified atom stereocenters. The first-order valence-corrected chi connectivity index (χ1v) is 13.5. The minimum absolute atomic E-state index is 0.0363. The van der Waals surface area contributed by atoms with E-state index in [1.807, 2.05) is 12.3 Å². The quantitative estimate of drug-likeness (QED) is 0.277. The van der Waals surface area contributed by atoms with Crippen molar-refractivity contribution in [1.29, 1.82) is 0 Å². The lowest BCUT2D eigenvalue weighted by Crippen LogP contribution is -2.46. The second-order valence-corrected chi connectivity index (χ2v) is 11.2. The summed E-state index contributed by atoms with van der Waals surface area (Å²) in [5.74, 6) is 0.655. The van der Waals surface area contributed by atoms with Crippen molar-refractivity contribution in [2.75, 3.05) is 17.3 Å². The molecule has 2 heterocycles. The number of hydrazine groups is 1. The standard InChI is InChI=1S/C22H28N6O2S3/c1-11-16(10-32-28-11)26-27-22(31)24-14-6-7-17-15(8-14)18(20(30)23-9-12-2-3-12)21(33-17)25-19(29)13-4-5-13/h10,12-14,26H,2-9H2,1H3,(H,23,30)(H,25,29)(H2,24,27,31)/t14-/m0/s1. The molecule has 5 N–H and O–H groups in total. The third-order valence-electron chi connectivity index (χ3n) is 6.32. The van der Waals surface area contributed by atoms with Gasteiger partial charge < -0.3 is 16.0 Å². The molecule has 3 aliphatic rings. The van der Waals surface area contributed by atoms with Crippen LogP contribution in [0.25, 0.3) is 0 Å². The van der Waals surface area contributed by atoms with Crippen LogP contribution in [0, 0.1) is 18.8 Å². The normalized spacial score (nSPS) is 19.4. The highest BCUT2D eigenvalue weighted by molar-refractivity contribution is 7.80. The Balaban J connectivity index is 1.27. The Morgan fingerprint density at radius 3 is 2.73 bits per heavy atom. The molecule has 0 aromatic carbocycles. The van der Waals surface area contributed by atoms with E-state index in [1.165, 1.54) is 29.3 Å². The minimum Gasteiger partial charge on any atom is -0.358 e. The molecule has 5 rings (SSSR count). The summed E-state index contributed by atoms with van der Waals surface area (Å²) in [4.78, 5) is 26.8. The van der Waals surface area contributed by atoms with Crippen LogP contribution < -0.4 is 26.8 Å². The van der Waals surface area contributed by atoms with Gasteiger partial charge in [0, 0.05) is 28.8 Å². The Bertz CT molecular complexity index is 1070. The smallest absolute Gasteiger partial charge is 0.254 e. The van der Waals surface area contributed by atoms with Crippen molar-refractivity contribution in [2.24, 2.45) is 11.8 Å². The fraction of sp³-hybridized carbons (Fsp3) is 0.545. The number of fused-ring (bicyclic) bond motifs is 1. The van der Waals surface area contributed by atoms with Crippen LogP contribution in [-0.2, 0) is 17.6 Å². The number of thiophene rings is 1. The van der Waals surface area contributed by atoms with Crippen LogP contribution in [0.1, 0.15) is 58.6 Å².